The SMILES string of the molecule is [Mn].[Nb].[SiH3][Mo]. The van der Waals surface area contributed by atoms with Crippen molar-refractivity contribution >= 4 is 8.21 Å². The van der Waals surface area contributed by atoms with Crippen molar-refractivity contribution in [3.8, 4) is 0 Å². The van der Waals surface area contributed by atoms with Gasteiger partial charge < -0.3 is 0 Å². The zero-order valence-corrected chi connectivity index (χ0v) is 9.62. The fourth-order valence-corrected chi connectivity index (χ4v) is 0. The minimum absolute atomic E-state index is 0. The van der Waals surface area contributed by atoms with E-state index in [-0.39, 0.29) is 39.4 Å². The van der Waals surface area contributed by atoms with E-state index in [2.05, 4.69) is 19.1 Å². The average Bonchev–Trinajstić information content (AvgIpc) is 1.00. The van der Waals surface area contributed by atoms with Crippen LogP contribution in [0.1, 0.15) is 0 Å². The van der Waals surface area contributed by atoms with E-state index in [0.717, 1.165) is 0 Å². The van der Waals surface area contributed by atoms with E-state index in [1.54, 1.807) is 0 Å². The Morgan fingerprint density at radius 3 is 1.25 bits per heavy atom. The summed E-state index contributed by atoms with van der Waals surface area (Å²) in [6, 6.07) is 0. The van der Waals surface area contributed by atoms with Gasteiger partial charge in [0.15, 0.2) is 0 Å². The van der Waals surface area contributed by atoms with E-state index in [1.165, 1.54) is 8.21 Å². The summed E-state index contributed by atoms with van der Waals surface area (Å²) in [4.78, 5) is 0. The van der Waals surface area contributed by atoms with E-state index in [1.807, 2.05) is 0 Å². The van der Waals surface area contributed by atoms with Crippen LogP contribution in [0.2, 0.25) is 0 Å². The topological polar surface area (TPSA) is 0 Å². The van der Waals surface area contributed by atoms with Crippen molar-refractivity contribution in [2.45, 2.75) is 0 Å². The first-order valence-corrected chi connectivity index (χ1v) is 7.25. The van der Waals surface area contributed by atoms with Gasteiger partial charge in [0.05, 0.1) is 0 Å². The van der Waals surface area contributed by atoms with Crippen molar-refractivity contribution in [2.75, 3.05) is 0 Å². The summed E-state index contributed by atoms with van der Waals surface area (Å²) >= 11 is 2.09. The molecule has 0 aliphatic heterocycles. The predicted molar refractivity (Wildman–Crippen MR) is 9.94 cm³/mol. The van der Waals surface area contributed by atoms with E-state index in [9.17, 15) is 0 Å². The fraction of sp³-hybridized carbons (Fsp3) is 0. The van der Waals surface area contributed by atoms with Gasteiger partial charge in [-0.1, -0.05) is 0 Å². The molecule has 0 saturated heterocycles. The molecule has 0 aliphatic carbocycles. The molecule has 0 amide bonds. The van der Waals surface area contributed by atoms with Gasteiger partial charge in [-0.3, -0.25) is 0 Å². The molecule has 0 atom stereocenters. The van der Waals surface area contributed by atoms with Crippen LogP contribution in [0.25, 0.3) is 0 Å². The molecule has 0 unspecified atom stereocenters. The fourth-order valence-electron chi connectivity index (χ4n) is 0. The molecule has 0 saturated carbocycles. The van der Waals surface area contributed by atoms with Crippen LogP contribution >= 0.6 is 0 Å². The summed E-state index contributed by atoms with van der Waals surface area (Å²) < 4.78 is 0. The summed E-state index contributed by atoms with van der Waals surface area (Å²) in [5, 5.41) is 0. The zero-order valence-electron chi connectivity index (χ0n) is 2.23. The Kier molecular flexibility index (Phi) is 78.5. The second-order valence-corrected chi connectivity index (χ2v) is 0. The van der Waals surface area contributed by atoms with Crippen molar-refractivity contribution in [1.82, 2.24) is 0 Å². The quantitative estimate of drug-likeness (QED) is 0.488. The molecule has 4 heteroatoms. The van der Waals surface area contributed by atoms with Gasteiger partial charge in [-0.05, 0) is 0 Å². The van der Waals surface area contributed by atoms with Crippen molar-refractivity contribution in [3.63, 3.8) is 0 Å². The van der Waals surface area contributed by atoms with Crippen LogP contribution in [0, 0.1) is 0 Å². The molecule has 0 heterocycles. The molecule has 0 aromatic carbocycles. The van der Waals surface area contributed by atoms with Gasteiger partial charge in [0.25, 0.3) is 0 Å². The van der Waals surface area contributed by atoms with Crippen LogP contribution in [-0.4, -0.2) is 8.21 Å². The summed E-state index contributed by atoms with van der Waals surface area (Å²) in [5.41, 5.74) is 0. The van der Waals surface area contributed by atoms with Gasteiger partial charge in [-0.25, -0.2) is 0 Å². The molecule has 4 heavy (non-hydrogen) atoms. The van der Waals surface area contributed by atoms with Crippen LogP contribution in [-0.2, 0) is 58.5 Å². The second kappa shape index (κ2) is 19.1. The van der Waals surface area contributed by atoms with Gasteiger partial charge >= 0.3 is 27.3 Å². The maximum absolute atomic E-state index is 2.09. The summed E-state index contributed by atoms with van der Waals surface area (Å²) in [5.74, 6) is 0. The van der Waals surface area contributed by atoms with Crippen molar-refractivity contribution < 1.29 is 58.5 Å². The molecular weight excluding hydrogens is 272 g/mol. The Balaban J connectivity index is -0.00000000500. The molecule has 0 aromatic heterocycles. The van der Waals surface area contributed by atoms with Crippen molar-refractivity contribution in [3.05, 3.63) is 0 Å². The molecule has 25 valence electrons. The molecular formula is H3MnMoNbSi. The van der Waals surface area contributed by atoms with Crippen LogP contribution in [0.5, 0.6) is 0 Å². The molecule has 0 aliphatic rings. The first kappa shape index (κ1) is 16.4. The van der Waals surface area contributed by atoms with Crippen LogP contribution in [0.15, 0.2) is 0 Å². The van der Waals surface area contributed by atoms with Gasteiger partial charge in [0.1, 0.15) is 0 Å². The van der Waals surface area contributed by atoms with Crippen molar-refractivity contribution in [1.29, 1.82) is 0 Å². The molecule has 2 radical (unpaired) electrons. The third-order valence-electron chi connectivity index (χ3n) is 0. The first-order valence-electron chi connectivity index (χ1n) is 0.408. The average molecular weight is 275 g/mol. The van der Waals surface area contributed by atoms with Crippen LogP contribution in [0.4, 0.5) is 0 Å². The predicted octanol–water partition coefficient (Wildman–Crippen LogP) is -1.19. The van der Waals surface area contributed by atoms with Crippen molar-refractivity contribution in [2.24, 2.45) is 0 Å². The Labute approximate surface area is 66.0 Å². The standard InChI is InChI=1S/Mn.Mo.Nb.H3Si/h;;;1H3. The third-order valence-corrected chi connectivity index (χ3v) is 0. The minimum atomic E-state index is 0. The Morgan fingerprint density at radius 1 is 1.25 bits per heavy atom. The molecule has 0 nitrogen and oxygen atoms in total. The normalized spacial score (nSPS) is 2.00. The molecule has 0 spiro atoms. The van der Waals surface area contributed by atoms with Crippen LogP contribution < -0.4 is 0 Å². The number of hydrogen-bond donors (Lipinski definition) is 0. The van der Waals surface area contributed by atoms with Gasteiger partial charge in [-0.2, -0.15) is 0 Å². The summed E-state index contributed by atoms with van der Waals surface area (Å²) in [7, 11) is 1.32. The molecule has 0 bridgehead atoms. The molecule has 0 aromatic rings. The van der Waals surface area contributed by atoms with Gasteiger partial charge in [-0.15, -0.1) is 0 Å². The van der Waals surface area contributed by atoms with E-state index in [4.69, 9.17) is 0 Å². The summed E-state index contributed by atoms with van der Waals surface area (Å²) in [6.45, 7) is 0. The Hall–Kier alpha value is 2.16. The Morgan fingerprint density at radius 2 is 1.25 bits per heavy atom. The molecule has 0 rings (SSSR count). The van der Waals surface area contributed by atoms with Gasteiger partial charge in [0.2, 0.25) is 0 Å². The van der Waals surface area contributed by atoms with Crippen LogP contribution in [0.3, 0.4) is 0 Å². The second-order valence-electron chi connectivity index (χ2n) is 0. The Bertz CT molecular complexity index is 8.00. The first-order chi connectivity index (χ1) is 1.00. The monoisotopic (exact) mass is 277 g/mol. The van der Waals surface area contributed by atoms with E-state index >= 15 is 0 Å². The molecule has 0 fully saturated rings. The van der Waals surface area contributed by atoms with Gasteiger partial charge in [0, 0.05) is 39.4 Å². The number of hydrogen-bond acceptors (Lipinski definition) is 0. The zero-order chi connectivity index (χ0) is 2.00. The number of rotatable bonds is 0. The summed E-state index contributed by atoms with van der Waals surface area (Å²) in [6.07, 6.45) is 0. The van der Waals surface area contributed by atoms with E-state index in [0.29, 0.717) is 0 Å². The third kappa shape index (κ3) is 8.90. The maximum atomic E-state index is 2.09. The molecule has 0 N–H and O–H groups in total. The van der Waals surface area contributed by atoms with E-state index < -0.39 is 0 Å².